The Morgan fingerprint density at radius 1 is 1.08 bits per heavy atom. The van der Waals surface area contributed by atoms with Crippen molar-refractivity contribution in [2.45, 2.75) is 31.2 Å². The second kappa shape index (κ2) is 9.81. The van der Waals surface area contributed by atoms with Gasteiger partial charge in [-0.05, 0) is 35.4 Å². The molecule has 0 bridgehead atoms. The van der Waals surface area contributed by atoms with Gasteiger partial charge in [0.05, 0.1) is 25.5 Å². The summed E-state index contributed by atoms with van der Waals surface area (Å²) in [5, 5.41) is 9.68. The zero-order valence-electron chi connectivity index (χ0n) is 19.3. The van der Waals surface area contributed by atoms with E-state index in [9.17, 15) is 22.4 Å². The summed E-state index contributed by atoms with van der Waals surface area (Å²) in [6.07, 6.45) is -3.66. The molecule has 11 heteroatoms. The normalized spacial score (nSPS) is 19.9. The van der Waals surface area contributed by atoms with Crippen LogP contribution in [-0.2, 0) is 11.3 Å². The molecule has 3 heterocycles. The number of ether oxygens (including phenoxy) is 1. The highest BCUT2D eigenvalue weighted by atomic mass is 19.4. The van der Waals surface area contributed by atoms with Crippen LogP contribution < -0.4 is 15.5 Å². The first-order chi connectivity index (χ1) is 17.3. The number of fused-ring (bicyclic) bond motifs is 1. The highest BCUT2D eigenvalue weighted by Gasteiger charge is 2.47. The second-order valence-corrected chi connectivity index (χ2v) is 8.84. The molecule has 1 fully saturated rings. The predicted octanol–water partition coefficient (Wildman–Crippen LogP) is 4.45. The number of morpholine rings is 1. The number of amides is 1. The van der Waals surface area contributed by atoms with Gasteiger partial charge in [0.25, 0.3) is 5.91 Å². The smallest absolute Gasteiger partial charge is 0.378 e. The molecule has 0 unspecified atom stereocenters. The molecule has 0 aliphatic carbocycles. The van der Waals surface area contributed by atoms with E-state index in [0.29, 0.717) is 24.3 Å². The number of carbonyl (C=O) groups excluding carboxylic acids is 1. The molecule has 2 aliphatic heterocycles. The summed E-state index contributed by atoms with van der Waals surface area (Å²) in [5.41, 5.74) is 2.34. The number of alkyl halides is 3. The van der Waals surface area contributed by atoms with Gasteiger partial charge in [-0.1, -0.05) is 24.3 Å². The number of benzene rings is 2. The van der Waals surface area contributed by atoms with E-state index in [4.69, 9.17) is 4.74 Å². The van der Waals surface area contributed by atoms with Gasteiger partial charge in [0.1, 0.15) is 17.2 Å². The van der Waals surface area contributed by atoms with Gasteiger partial charge in [-0.3, -0.25) is 4.79 Å². The zero-order chi connectivity index (χ0) is 25.3. The lowest BCUT2D eigenvalue weighted by molar-refractivity contribution is -0.173. The van der Waals surface area contributed by atoms with Gasteiger partial charge < -0.3 is 20.3 Å². The number of rotatable bonds is 5. The van der Waals surface area contributed by atoms with Crippen LogP contribution in [0.1, 0.15) is 40.0 Å². The first-order valence-electron chi connectivity index (χ1n) is 11.7. The summed E-state index contributed by atoms with van der Waals surface area (Å²) in [6.45, 7) is 2.88. The molecule has 5 rings (SSSR count). The van der Waals surface area contributed by atoms with Gasteiger partial charge in [-0.2, -0.15) is 18.3 Å². The molecule has 0 saturated carbocycles. The van der Waals surface area contributed by atoms with Crippen LogP contribution in [0.2, 0.25) is 0 Å². The summed E-state index contributed by atoms with van der Waals surface area (Å²) >= 11 is 0. The number of anilines is 2. The van der Waals surface area contributed by atoms with Gasteiger partial charge in [0, 0.05) is 31.7 Å². The third kappa shape index (κ3) is 5.01. The summed E-state index contributed by atoms with van der Waals surface area (Å²) in [7, 11) is 0. The molecule has 36 heavy (non-hydrogen) atoms. The summed E-state index contributed by atoms with van der Waals surface area (Å²) in [6, 6.07) is 10.5. The van der Waals surface area contributed by atoms with E-state index in [1.807, 2.05) is 24.3 Å². The Morgan fingerprint density at radius 2 is 1.78 bits per heavy atom. The van der Waals surface area contributed by atoms with E-state index in [1.165, 1.54) is 24.3 Å². The number of halogens is 4. The third-order valence-corrected chi connectivity index (χ3v) is 6.52. The molecule has 0 radical (unpaired) electrons. The van der Waals surface area contributed by atoms with E-state index in [2.05, 4.69) is 20.6 Å². The molecule has 2 aliphatic rings. The Balaban J connectivity index is 1.37. The zero-order valence-corrected chi connectivity index (χ0v) is 19.3. The molecule has 190 valence electrons. The molecule has 2 atom stereocenters. The van der Waals surface area contributed by atoms with Crippen LogP contribution in [0.25, 0.3) is 0 Å². The van der Waals surface area contributed by atoms with Gasteiger partial charge >= 0.3 is 6.18 Å². The fourth-order valence-corrected chi connectivity index (χ4v) is 4.57. The van der Waals surface area contributed by atoms with Crippen molar-refractivity contribution in [3.05, 3.63) is 77.2 Å². The summed E-state index contributed by atoms with van der Waals surface area (Å²) in [5.74, 6) is -0.957. The molecule has 2 aromatic carbocycles. The van der Waals surface area contributed by atoms with Crippen LogP contribution in [0.3, 0.4) is 0 Å². The summed E-state index contributed by atoms with van der Waals surface area (Å²) < 4.78 is 61.3. The molecule has 1 amide bonds. The van der Waals surface area contributed by atoms with Crippen molar-refractivity contribution < 1.29 is 27.1 Å². The number of nitrogens with zero attached hydrogens (tertiary/aromatic N) is 3. The quantitative estimate of drug-likeness (QED) is 0.504. The van der Waals surface area contributed by atoms with Crippen LogP contribution in [0.15, 0.2) is 54.7 Å². The Hall–Kier alpha value is -3.60. The van der Waals surface area contributed by atoms with E-state index in [0.717, 1.165) is 29.7 Å². The largest absolute Gasteiger partial charge is 0.410 e. The molecule has 3 aromatic rings. The van der Waals surface area contributed by atoms with Crippen molar-refractivity contribution in [2.75, 3.05) is 36.5 Å². The molecule has 0 spiro atoms. The van der Waals surface area contributed by atoms with Gasteiger partial charge in [-0.15, -0.1) is 0 Å². The van der Waals surface area contributed by atoms with Crippen molar-refractivity contribution in [3.8, 4) is 0 Å². The maximum absolute atomic E-state index is 14.0. The van der Waals surface area contributed by atoms with Crippen LogP contribution in [0.4, 0.5) is 29.1 Å². The SMILES string of the molecule is O=C(NCc1ccc(F)cc1)c1cnn2c1N[C@@H](c1ccc(N3CCOCC3)cc1)C[C@H]2C(F)(F)F. The molecule has 2 N–H and O–H groups in total. The maximum atomic E-state index is 14.0. The van der Waals surface area contributed by atoms with E-state index in [1.54, 1.807) is 0 Å². The summed E-state index contributed by atoms with van der Waals surface area (Å²) in [4.78, 5) is 15.0. The van der Waals surface area contributed by atoms with Gasteiger partial charge in [-0.25, -0.2) is 9.07 Å². The first-order valence-corrected chi connectivity index (χ1v) is 11.7. The van der Waals surface area contributed by atoms with Crippen molar-refractivity contribution >= 4 is 17.4 Å². The monoisotopic (exact) mass is 503 g/mol. The van der Waals surface area contributed by atoms with Crippen molar-refractivity contribution in [2.24, 2.45) is 0 Å². The van der Waals surface area contributed by atoms with E-state index in [-0.39, 0.29) is 24.3 Å². The van der Waals surface area contributed by atoms with Crippen LogP contribution >= 0.6 is 0 Å². The van der Waals surface area contributed by atoms with Crippen molar-refractivity contribution in [1.29, 1.82) is 0 Å². The molecular weight excluding hydrogens is 478 g/mol. The fourth-order valence-electron chi connectivity index (χ4n) is 4.57. The maximum Gasteiger partial charge on any atom is 0.410 e. The lowest BCUT2D eigenvalue weighted by Gasteiger charge is -2.34. The Labute approximate surface area is 205 Å². The van der Waals surface area contributed by atoms with E-state index >= 15 is 0 Å². The third-order valence-electron chi connectivity index (χ3n) is 6.52. The number of hydrogen-bond acceptors (Lipinski definition) is 5. The number of nitrogens with one attached hydrogen (secondary N) is 2. The number of hydrogen-bond donors (Lipinski definition) is 2. The average Bonchev–Trinajstić information content (AvgIpc) is 3.32. The minimum atomic E-state index is -4.54. The van der Waals surface area contributed by atoms with Crippen molar-refractivity contribution in [1.82, 2.24) is 15.1 Å². The van der Waals surface area contributed by atoms with Crippen LogP contribution in [0, 0.1) is 5.82 Å². The molecule has 7 nitrogen and oxygen atoms in total. The molecular formula is C25H25F4N5O2. The lowest BCUT2D eigenvalue weighted by Crippen LogP contribution is -2.37. The Morgan fingerprint density at radius 3 is 2.44 bits per heavy atom. The highest BCUT2D eigenvalue weighted by Crippen LogP contribution is 2.44. The Bertz CT molecular complexity index is 1200. The standard InChI is InChI=1S/C25H25F4N5O2/c26-18-5-1-16(2-6-18)14-30-24(35)20-15-31-34-22(25(27,28)29)13-21(32-23(20)34)17-3-7-19(8-4-17)33-9-11-36-12-10-33/h1-8,15,21-22,32H,9-14H2,(H,30,35)/t21-,22+/m1/s1. The minimum Gasteiger partial charge on any atom is -0.378 e. The van der Waals surface area contributed by atoms with Crippen LogP contribution in [0.5, 0.6) is 0 Å². The van der Waals surface area contributed by atoms with Gasteiger partial charge in [0.15, 0.2) is 6.04 Å². The second-order valence-electron chi connectivity index (χ2n) is 8.84. The van der Waals surface area contributed by atoms with Crippen molar-refractivity contribution in [3.63, 3.8) is 0 Å². The fraction of sp³-hybridized carbons (Fsp3) is 0.360. The Kier molecular flexibility index (Phi) is 6.57. The predicted molar refractivity (Wildman–Crippen MR) is 125 cm³/mol. The number of aromatic nitrogens is 2. The van der Waals surface area contributed by atoms with E-state index < -0.39 is 30.0 Å². The topological polar surface area (TPSA) is 71.4 Å². The molecule has 1 saturated heterocycles. The molecule has 1 aromatic heterocycles. The minimum absolute atomic E-state index is 0.0148. The van der Waals surface area contributed by atoms with Crippen LogP contribution in [-0.4, -0.2) is 48.2 Å². The number of carbonyl (C=O) groups is 1. The lowest BCUT2D eigenvalue weighted by atomic mass is 9.96. The average molecular weight is 504 g/mol. The van der Waals surface area contributed by atoms with Gasteiger partial charge in [0.2, 0.25) is 0 Å². The first kappa shape index (κ1) is 24.1. The highest BCUT2D eigenvalue weighted by molar-refractivity contribution is 5.98.